The number of hydrogen-bond acceptors (Lipinski definition) is 5. The molecule has 0 amide bonds. The van der Waals surface area contributed by atoms with Crippen LogP contribution in [0.2, 0.25) is 0 Å². The first-order valence-electron chi connectivity index (χ1n) is 6.25. The molecule has 2 heterocycles. The predicted octanol–water partition coefficient (Wildman–Crippen LogP) is 2.33. The van der Waals surface area contributed by atoms with Crippen LogP contribution >= 0.6 is 35.3 Å². The Bertz CT molecular complexity index is 542. The van der Waals surface area contributed by atoms with Crippen LogP contribution < -0.4 is 10.6 Å². The van der Waals surface area contributed by atoms with Crippen molar-refractivity contribution in [3.63, 3.8) is 0 Å². The van der Waals surface area contributed by atoms with Gasteiger partial charge in [0.1, 0.15) is 6.26 Å². The van der Waals surface area contributed by atoms with Crippen molar-refractivity contribution in [2.24, 2.45) is 4.99 Å². The minimum Gasteiger partial charge on any atom is -0.443 e. The molecule has 0 aromatic carbocycles. The smallest absolute Gasteiger partial charge is 0.236 e. The molecule has 2 aromatic rings. The van der Waals surface area contributed by atoms with Gasteiger partial charge in [0, 0.05) is 20.7 Å². The normalized spacial score (nSPS) is 11.0. The first-order chi connectivity index (χ1) is 9.83. The van der Waals surface area contributed by atoms with Gasteiger partial charge in [0.25, 0.3) is 0 Å². The maximum absolute atomic E-state index is 5.45. The molecule has 2 rings (SSSR count). The van der Waals surface area contributed by atoms with Crippen molar-refractivity contribution in [3.8, 4) is 10.8 Å². The summed E-state index contributed by atoms with van der Waals surface area (Å²) in [5, 5.41) is 8.30. The van der Waals surface area contributed by atoms with E-state index in [4.69, 9.17) is 9.15 Å². The van der Waals surface area contributed by atoms with Gasteiger partial charge in [-0.3, -0.25) is 4.99 Å². The Kier molecular flexibility index (Phi) is 8.31. The van der Waals surface area contributed by atoms with Crippen LogP contribution in [-0.2, 0) is 11.3 Å². The average Bonchev–Trinajstić information content (AvgIpc) is 3.12. The summed E-state index contributed by atoms with van der Waals surface area (Å²) < 4.78 is 10.4. The maximum Gasteiger partial charge on any atom is 0.236 e. The molecular formula is C13H19IN4O2S. The van der Waals surface area contributed by atoms with E-state index in [1.165, 1.54) is 0 Å². The zero-order chi connectivity index (χ0) is 14.2. The second kappa shape index (κ2) is 9.74. The molecule has 0 saturated heterocycles. The van der Waals surface area contributed by atoms with Gasteiger partial charge in [-0.05, 0) is 11.4 Å². The number of hydrogen-bond donors (Lipinski definition) is 2. The zero-order valence-electron chi connectivity index (χ0n) is 12.0. The Morgan fingerprint density at radius 2 is 2.33 bits per heavy atom. The number of halogens is 1. The summed E-state index contributed by atoms with van der Waals surface area (Å²) in [6, 6.07) is 3.96. The molecule has 0 fully saturated rings. The summed E-state index contributed by atoms with van der Waals surface area (Å²) in [4.78, 5) is 9.57. The highest BCUT2D eigenvalue weighted by molar-refractivity contribution is 14.0. The molecule has 21 heavy (non-hydrogen) atoms. The zero-order valence-corrected chi connectivity index (χ0v) is 15.1. The molecule has 2 aromatic heterocycles. The highest BCUT2D eigenvalue weighted by Gasteiger charge is 2.07. The molecule has 116 valence electrons. The Balaban J connectivity index is 0.00000220. The lowest BCUT2D eigenvalue weighted by Gasteiger charge is -2.09. The highest BCUT2D eigenvalue weighted by Crippen LogP contribution is 2.23. The Hall–Kier alpha value is -1.13. The van der Waals surface area contributed by atoms with E-state index in [1.807, 2.05) is 17.5 Å². The third kappa shape index (κ3) is 5.64. The van der Waals surface area contributed by atoms with E-state index < -0.39 is 0 Å². The number of aliphatic imine (C=N–C) groups is 1. The summed E-state index contributed by atoms with van der Waals surface area (Å²) >= 11 is 1.61. The number of nitrogens with zero attached hydrogens (tertiary/aromatic N) is 2. The lowest BCUT2D eigenvalue weighted by atomic mass is 10.4. The van der Waals surface area contributed by atoms with Crippen LogP contribution in [0.4, 0.5) is 0 Å². The van der Waals surface area contributed by atoms with Crippen LogP contribution in [0.5, 0.6) is 0 Å². The van der Waals surface area contributed by atoms with Gasteiger partial charge in [-0.15, -0.1) is 35.3 Å². The predicted molar refractivity (Wildman–Crippen MR) is 95.3 cm³/mol. The van der Waals surface area contributed by atoms with E-state index in [-0.39, 0.29) is 24.0 Å². The van der Waals surface area contributed by atoms with Crippen LogP contribution in [0.1, 0.15) is 5.69 Å². The minimum atomic E-state index is 0. The average molecular weight is 422 g/mol. The van der Waals surface area contributed by atoms with E-state index in [0.29, 0.717) is 31.5 Å². The minimum absolute atomic E-state index is 0. The first kappa shape index (κ1) is 17.9. The van der Waals surface area contributed by atoms with E-state index in [9.17, 15) is 0 Å². The van der Waals surface area contributed by atoms with Crippen molar-refractivity contribution in [2.45, 2.75) is 6.54 Å². The lowest BCUT2D eigenvalue weighted by molar-refractivity contribution is 0.203. The van der Waals surface area contributed by atoms with Crippen LogP contribution in [-0.4, -0.2) is 38.3 Å². The van der Waals surface area contributed by atoms with Gasteiger partial charge in [0.2, 0.25) is 5.89 Å². The Morgan fingerprint density at radius 1 is 1.48 bits per heavy atom. The quantitative estimate of drug-likeness (QED) is 0.324. The molecule has 0 aliphatic heterocycles. The van der Waals surface area contributed by atoms with Crippen molar-refractivity contribution in [2.75, 3.05) is 27.3 Å². The molecule has 0 spiro atoms. The summed E-state index contributed by atoms with van der Waals surface area (Å²) in [6.45, 7) is 1.89. The van der Waals surface area contributed by atoms with Crippen molar-refractivity contribution < 1.29 is 9.15 Å². The summed E-state index contributed by atoms with van der Waals surface area (Å²) in [6.07, 6.45) is 1.66. The number of nitrogens with one attached hydrogen (secondary N) is 2. The molecule has 2 N–H and O–H groups in total. The van der Waals surface area contributed by atoms with E-state index >= 15 is 0 Å². The van der Waals surface area contributed by atoms with Crippen LogP contribution in [0.3, 0.4) is 0 Å². The van der Waals surface area contributed by atoms with Crippen molar-refractivity contribution in [1.29, 1.82) is 0 Å². The standard InChI is InChI=1S/C13H18N4O2S.HI/c1-14-13(15-5-6-18-2)16-8-10-9-19-12(17-10)11-4-3-7-20-11;/h3-4,7,9H,5-6,8H2,1-2H3,(H2,14,15,16);1H. The molecular weight excluding hydrogens is 403 g/mol. The molecule has 0 radical (unpaired) electrons. The number of thiophene rings is 1. The fourth-order valence-electron chi connectivity index (χ4n) is 1.57. The van der Waals surface area contributed by atoms with Gasteiger partial charge in [0.15, 0.2) is 5.96 Å². The molecule has 8 heteroatoms. The van der Waals surface area contributed by atoms with Gasteiger partial charge in [-0.1, -0.05) is 6.07 Å². The van der Waals surface area contributed by atoms with Crippen LogP contribution in [0.15, 0.2) is 33.2 Å². The Labute approximate surface area is 145 Å². The molecule has 0 aliphatic carbocycles. The fourth-order valence-corrected chi connectivity index (χ4v) is 2.22. The number of aromatic nitrogens is 1. The van der Waals surface area contributed by atoms with E-state index in [1.54, 1.807) is 31.8 Å². The molecule has 0 unspecified atom stereocenters. The maximum atomic E-state index is 5.45. The third-order valence-electron chi connectivity index (χ3n) is 2.54. The molecule has 6 nitrogen and oxygen atoms in total. The van der Waals surface area contributed by atoms with Gasteiger partial charge in [-0.2, -0.15) is 0 Å². The number of methoxy groups -OCH3 is 1. The number of oxazole rings is 1. The SMILES string of the molecule is CN=C(NCCOC)NCc1coc(-c2cccs2)n1.I. The fraction of sp³-hybridized carbons (Fsp3) is 0.385. The van der Waals surface area contributed by atoms with Crippen LogP contribution in [0.25, 0.3) is 10.8 Å². The van der Waals surface area contributed by atoms with E-state index in [2.05, 4.69) is 20.6 Å². The number of rotatable bonds is 6. The second-order valence-electron chi connectivity index (χ2n) is 3.97. The van der Waals surface area contributed by atoms with Crippen molar-refractivity contribution in [3.05, 3.63) is 29.5 Å². The van der Waals surface area contributed by atoms with Gasteiger partial charge in [-0.25, -0.2) is 4.98 Å². The number of ether oxygens (including phenoxy) is 1. The molecule has 0 atom stereocenters. The summed E-state index contributed by atoms with van der Waals surface area (Å²) in [5.41, 5.74) is 0.836. The topological polar surface area (TPSA) is 71.7 Å². The lowest BCUT2D eigenvalue weighted by Crippen LogP contribution is -2.38. The highest BCUT2D eigenvalue weighted by atomic mass is 127. The molecule has 0 saturated carbocycles. The molecule has 0 bridgehead atoms. The Morgan fingerprint density at radius 3 is 3.00 bits per heavy atom. The van der Waals surface area contributed by atoms with Gasteiger partial charge < -0.3 is 19.8 Å². The first-order valence-corrected chi connectivity index (χ1v) is 7.13. The second-order valence-corrected chi connectivity index (χ2v) is 4.91. The van der Waals surface area contributed by atoms with Gasteiger partial charge >= 0.3 is 0 Å². The monoisotopic (exact) mass is 422 g/mol. The number of guanidine groups is 1. The third-order valence-corrected chi connectivity index (χ3v) is 3.40. The molecule has 0 aliphatic rings. The van der Waals surface area contributed by atoms with Gasteiger partial charge in [0.05, 0.1) is 23.7 Å². The van der Waals surface area contributed by atoms with Crippen molar-refractivity contribution >= 4 is 41.3 Å². The summed E-state index contributed by atoms with van der Waals surface area (Å²) in [7, 11) is 3.39. The summed E-state index contributed by atoms with van der Waals surface area (Å²) in [5.74, 6) is 1.36. The van der Waals surface area contributed by atoms with E-state index in [0.717, 1.165) is 10.6 Å². The largest absolute Gasteiger partial charge is 0.443 e. The van der Waals surface area contributed by atoms with Crippen LogP contribution in [0, 0.1) is 0 Å². The van der Waals surface area contributed by atoms with Crippen molar-refractivity contribution in [1.82, 2.24) is 15.6 Å².